The third kappa shape index (κ3) is 2.36. The number of fused-ring (bicyclic) bond motifs is 9. The standard InChI is InChI=1S/C25H38O8/c1-20(2)9-13-18(26)23(6)17(12-11-30-21(3,4)33-15(12)16-19(23)31-16)24(13,27)25(20)14(32-25)10-22(5)28-7-8-29-22/h12-19,26-27H,7-11H2,1-6H3/t12-,13-,14-,15-,16-,17+,18+,19-,23-,24+,25+/m1/s1. The zero-order chi connectivity index (χ0) is 23.4. The molecular formula is C25H38O8. The molecule has 7 aliphatic rings. The minimum absolute atomic E-state index is 0.0596. The normalized spacial score (nSPS) is 60.7. The number of epoxide rings is 2. The van der Waals surface area contributed by atoms with Crippen LogP contribution in [0.1, 0.15) is 54.4 Å². The average molecular weight is 467 g/mol. The van der Waals surface area contributed by atoms with E-state index in [9.17, 15) is 10.2 Å². The van der Waals surface area contributed by atoms with Crippen molar-refractivity contribution in [2.45, 2.75) is 108 Å². The number of rotatable bonds is 2. The van der Waals surface area contributed by atoms with E-state index in [2.05, 4.69) is 20.8 Å². The summed E-state index contributed by atoms with van der Waals surface area (Å²) in [5, 5.41) is 24.7. The van der Waals surface area contributed by atoms with E-state index in [1.54, 1.807) is 0 Å². The molecule has 0 bridgehead atoms. The third-order valence-corrected chi connectivity index (χ3v) is 10.6. The Balaban J connectivity index is 1.32. The van der Waals surface area contributed by atoms with Gasteiger partial charge in [-0.05, 0) is 32.6 Å². The van der Waals surface area contributed by atoms with Crippen LogP contribution in [0.25, 0.3) is 0 Å². The van der Waals surface area contributed by atoms with E-state index in [1.807, 2.05) is 20.8 Å². The molecule has 0 radical (unpaired) electrons. The van der Waals surface area contributed by atoms with Crippen molar-refractivity contribution in [3.05, 3.63) is 0 Å². The van der Waals surface area contributed by atoms with Crippen LogP contribution >= 0.6 is 0 Å². The van der Waals surface area contributed by atoms with Gasteiger partial charge in [-0.3, -0.25) is 0 Å². The number of hydrogen-bond acceptors (Lipinski definition) is 8. The van der Waals surface area contributed by atoms with Crippen molar-refractivity contribution in [2.24, 2.45) is 28.6 Å². The first-order valence-electron chi connectivity index (χ1n) is 12.6. The van der Waals surface area contributed by atoms with E-state index >= 15 is 0 Å². The van der Waals surface area contributed by atoms with E-state index in [0.717, 1.165) is 0 Å². The van der Waals surface area contributed by atoms with Gasteiger partial charge in [0.05, 0.1) is 44.2 Å². The lowest BCUT2D eigenvalue weighted by molar-refractivity contribution is -0.318. The maximum absolute atomic E-state index is 12.9. The Labute approximate surface area is 195 Å². The molecule has 7 rings (SSSR count). The Morgan fingerprint density at radius 1 is 0.909 bits per heavy atom. The topological polar surface area (TPSA) is 102 Å². The van der Waals surface area contributed by atoms with Crippen LogP contribution in [0.3, 0.4) is 0 Å². The fourth-order valence-corrected chi connectivity index (χ4v) is 9.36. The van der Waals surface area contributed by atoms with E-state index in [1.165, 1.54) is 0 Å². The summed E-state index contributed by atoms with van der Waals surface area (Å²) in [7, 11) is 0. The summed E-state index contributed by atoms with van der Waals surface area (Å²) in [5.74, 6) is -2.05. The van der Waals surface area contributed by atoms with Gasteiger partial charge in [0, 0.05) is 29.6 Å². The van der Waals surface area contributed by atoms with Crippen molar-refractivity contribution in [1.29, 1.82) is 0 Å². The highest BCUT2D eigenvalue weighted by Crippen LogP contribution is 2.79. The summed E-state index contributed by atoms with van der Waals surface area (Å²) in [4.78, 5) is 0. The summed E-state index contributed by atoms with van der Waals surface area (Å²) >= 11 is 0. The SMILES string of the molecule is CC1(C)OC[C@@H]2[C@@H](O1)[C@H]1O[C@H]1[C@@]1(C)[C@@H](O)[C@H]3CC(C)(C)[C@]4(O[C@@H]4CC4(C)OCCO4)[C@@]3(O)[C@@H]21. The highest BCUT2D eigenvalue weighted by Gasteiger charge is 2.91. The first kappa shape index (κ1) is 21.9. The minimum Gasteiger partial charge on any atom is -0.392 e. The van der Waals surface area contributed by atoms with Gasteiger partial charge in [0.2, 0.25) is 0 Å². The molecule has 4 heterocycles. The zero-order valence-electron chi connectivity index (χ0n) is 20.5. The van der Waals surface area contributed by atoms with Crippen LogP contribution in [-0.2, 0) is 28.4 Å². The van der Waals surface area contributed by atoms with E-state index < -0.39 is 34.3 Å². The Morgan fingerprint density at radius 2 is 1.61 bits per heavy atom. The number of ether oxygens (including phenoxy) is 6. The van der Waals surface area contributed by atoms with Gasteiger partial charge in [-0.15, -0.1) is 0 Å². The molecule has 3 aliphatic carbocycles. The lowest BCUT2D eigenvalue weighted by Gasteiger charge is -2.54. The molecule has 3 saturated carbocycles. The second-order valence-electron chi connectivity index (χ2n) is 13.2. The molecule has 8 heteroatoms. The maximum atomic E-state index is 12.9. The van der Waals surface area contributed by atoms with Gasteiger partial charge in [-0.2, -0.15) is 0 Å². The van der Waals surface area contributed by atoms with E-state index in [-0.39, 0.29) is 47.6 Å². The second kappa shape index (κ2) is 5.97. The van der Waals surface area contributed by atoms with Crippen LogP contribution in [0.5, 0.6) is 0 Å². The molecule has 4 aliphatic heterocycles. The summed E-state index contributed by atoms with van der Waals surface area (Å²) in [6, 6.07) is 0. The molecule has 0 aromatic heterocycles. The number of aliphatic hydroxyl groups excluding tert-OH is 1. The van der Waals surface area contributed by atoms with E-state index in [4.69, 9.17) is 28.4 Å². The van der Waals surface area contributed by atoms with Crippen molar-refractivity contribution in [1.82, 2.24) is 0 Å². The van der Waals surface area contributed by atoms with Crippen LogP contribution in [-0.4, -0.2) is 83.3 Å². The Bertz CT molecular complexity index is 884. The van der Waals surface area contributed by atoms with Crippen molar-refractivity contribution in [2.75, 3.05) is 19.8 Å². The van der Waals surface area contributed by atoms with Crippen LogP contribution in [0.2, 0.25) is 0 Å². The lowest BCUT2D eigenvalue weighted by Crippen LogP contribution is -2.65. The van der Waals surface area contributed by atoms with Gasteiger partial charge in [-0.25, -0.2) is 0 Å². The lowest BCUT2D eigenvalue weighted by atomic mass is 9.55. The minimum atomic E-state index is -1.22. The predicted molar refractivity (Wildman–Crippen MR) is 114 cm³/mol. The highest BCUT2D eigenvalue weighted by molar-refractivity contribution is 5.39. The molecule has 11 atom stereocenters. The molecule has 4 saturated heterocycles. The van der Waals surface area contributed by atoms with Gasteiger partial charge in [0.15, 0.2) is 11.6 Å². The van der Waals surface area contributed by atoms with Crippen LogP contribution in [0.4, 0.5) is 0 Å². The number of aliphatic hydroxyl groups is 2. The van der Waals surface area contributed by atoms with Crippen molar-refractivity contribution < 1.29 is 38.6 Å². The molecule has 33 heavy (non-hydrogen) atoms. The van der Waals surface area contributed by atoms with Gasteiger partial charge in [0.1, 0.15) is 17.3 Å². The van der Waals surface area contributed by atoms with Gasteiger partial charge < -0.3 is 38.6 Å². The average Bonchev–Trinajstić information content (AvgIpc) is 3.59. The zero-order valence-corrected chi connectivity index (χ0v) is 20.5. The first-order valence-corrected chi connectivity index (χ1v) is 12.6. The first-order chi connectivity index (χ1) is 15.3. The molecular weight excluding hydrogens is 428 g/mol. The Kier molecular flexibility index (Phi) is 3.97. The van der Waals surface area contributed by atoms with Crippen molar-refractivity contribution in [3.8, 4) is 0 Å². The monoisotopic (exact) mass is 466 g/mol. The van der Waals surface area contributed by atoms with Crippen molar-refractivity contribution >= 4 is 0 Å². The van der Waals surface area contributed by atoms with Crippen molar-refractivity contribution in [3.63, 3.8) is 0 Å². The summed E-state index contributed by atoms with van der Waals surface area (Å²) in [6.45, 7) is 13.9. The smallest absolute Gasteiger partial charge is 0.168 e. The quantitative estimate of drug-likeness (QED) is 0.592. The summed E-state index contributed by atoms with van der Waals surface area (Å²) < 4.78 is 37.1. The molecule has 0 unspecified atom stereocenters. The fraction of sp³-hybridized carbons (Fsp3) is 1.00. The largest absolute Gasteiger partial charge is 0.392 e. The Morgan fingerprint density at radius 3 is 2.30 bits per heavy atom. The predicted octanol–water partition coefficient (Wildman–Crippen LogP) is 1.60. The second-order valence-corrected chi connectivity index (χ2v) is 13.2. The molecule has 186 valence electrons. The number of hydrogen-bond donors (Lipinski definition) is 2. The molecule has 1 spiro atoms. The molecule has 0 aromatic carbocycles. The third-order valence-electron chi connectivity index (χ3n) is 10.6. The van der Waals surface area contributed by atoms with Gasteiger partial charge in [-0.1, -0.05) is 20.8 Å². The highest BCUT2D eigenvalue weighted by atomic mass is 16.7. The van der Waals surface area contributed by atoms with Gasteiger partial charge >= 0.3 is 0 Å². The van der Waals surface area contributed by atoms with Gasteiger partial charge in [0.25, 0.3) is 0 Å². The molecule has 8 nitrogen and oxygen atoms in total. The summed E-state index contributed by atoms with van der Waals surface area (Å²) in [6.07, 6.45) is 0.00258. The van der Waals surface area contributed by atoms with Crippen LogP contribution in [0, 0.1) is 28.6 Å². The van der Waals surface area contributed by atoms with E-state index in [0.29, 0.717) is 32.7 Å². The summed E-state index contributed by atoms with van der Waals surface area (Å²) in [5.41, 5.74) is -2.91. The fourth-order valence-electron chi connectivity index (χ4n) is 9.36. The van der Waals surface area contributed by atoms with Crippen LogP contribution in [0.15, 0.2) is 0 Å². The molecule has 0 aromatic rings. The van der Waals surface area contributed by atoms with Crippen LogP contribution < -0.4 is 0 Å². The molecule has 2 N–H and O–H groups in total. The molecule has 7 fully saturated rings. The molecule has 0 amide bonds. The maximum Gasteiger partial charge on any atom is 0.168 e. The Hall–Kier alpha value is -0.320.